The summed E-state index contributed by atoms with van der Waals surface area (Å²) in [5.74, 6) is -1.93. The fourth-order valence-corrected chi connectivity index (χ4v) is 3.70. The van der Waals surface area contributed by atoms with Gasteiger partial charge < -0.3 is 9.52 Å². The number of carbonyl (C=O) groups excluding carboxylic acids is 2. The van der Waals surface area contributed by atoms with E-state index in [9.17, 15) is 24.8 Å². The summed E-state index contributed by atoms with van der Waals surface area (Å²) in [6, 6.07) is 13.0. The zero-order chi connectivity index (χ0) is 22.3. The number of aliphatic hydroxyl groups is 1. The molecule has 4 rings (SSSR count). The van der Waals surface area contributed by atoms with Gasteiger partial charge >= 0.3 is 0 Å². The molecule has 0 bridgehead atoms. The molecule has 0 saturated carbocycles. The van der Waals surface area contributed by atoms with E-state index < -0.39 is 28.4 Å². The van der Waals surface area contributed by atoms with Gasteiger partial charge in [0.2, 0.25) is 0 Å². The van der Waals surface area contributed by atoms with Gasteiger partial charge in [0.1, 0.15) is 17.6 Å². The molecular formula is C23H18N2O6. The number of rotatable bonds is 4. The van der Waals surface area contributed by atoms with E-state index in [1.165, 1.54) is 29.4 Å². The van der Waals surface area contributed by atoms with Crippen LogP contribution in [-0.4, -0.2) is 21.7 Å². The fraction of sp³-hybridized carbons (Fsp3) is 0.130. The molecule has 1 fully saturated rings. The van der Waals surface area contributed by atoms with Crippen LogP contribution < -0.4 is 4.90 Å². The van der Waals surface area contributed by atoms with Gasteiger partial charge in [0.05, 0.1) is 16.8 Å². The van der Waals surface area contributed by atoms with Crippen LogP contribution in [0.3, 0.4) is 0 Å². The molecule has 1 aliphatic rings. The number of Topliss-reactive ketones (excluding diaryl/α,β-unsaturated/α-hetero) is 1. The minimum Gasteiger partial charge on any atom is -0.507 e. The minimum absolute atomic E-state index is 0.0599. The van der Waals surface area contributed by atoms with E-state index in [2.05, 4.69) is 0 Å². The number of hydrogen-bond donors (Lipinski definition) is 1. The van der Waals surface area contributed by atoms with Gasteiger partial charge in [-0.3, -0.25) is 24.6 Å². The Kier molecular flexibility index (Phi) is 4.90. The van der Waals surface area contributed by atoms with Crippen LogP contribution in [0.5, 0.6) is 0 Å². The van der Waals surface area contributed by atoms with E-state index in [0.717, 1.165) is 17.2 Å². The highest BCUT2D eigenvalue weighted by atomic mass is 16.6. The summed E-state index contributed by atoms with van der Waals surface area (Å²) in [4.78, 5) is 37.9. The Labute approximate surface area is 177 Å². The molecule has 0 aliphatic carbocycles. The lowest BCUT2D eigenvalue weighted by Gasteiger charge is -2.25. The van der Waals surface area contributed by atoms with Crippen LogP contribution in [0.25, 0.3) is 5.76 Å². The molecule has 2 aromatic carbocycles. The van der Waals surface area contributed by atoms with E-state index in [1.54, 1.807) is 18.2 Å². The first kappa shape index (κ1) is 20.1. The van der Waals surface area contributed by atoms with Gasteiger partial charge in [0.25, 0.3) is 17.4 Å². The maximum Gasteiger partial charge on any atom is 0.300 e. The van der Waals surface area contributed by atoms with Gasteiger partial charge in [0, 0.05) is 23.4 Å². The number of benzene rings is 2. The maximum absolute atomic E-state index is 13.1. The predicted molar refractivity (Wildman–Crippen MR) is 113 cm³/mol. The van der Waals surface area contributed by atoms with Crippen molar-refractivity contribution in [1.29, 1.82) is 0 Å². The zero-order valence-corrected chi connectivity index (χ0v) is 16.7. The van der Waals surface area contributed by atoms with Crippen molar-refractivity contribution in [3.63, 3.8) is 0 Å². The molecule has 1 atom stereocenters. The van der Waals surface area contributed by atoms with E-state index in [4.69, 9.17) is 4.42 Å². The van der Waals surface area contributed by atoms with Crippen molar-refractivity contribution in [2.45, 2.75) is 19.9 Å². The molecule has 1 aromatic heterocycles. The number of furan rings is 1. The summed E-state index contributed by atoms with van der Waals surface area (Å²) in [5.41, 5.74) is 1.79. The van der Waals surface area contributed by atoms with Crippen molar-refractivity contribution in [1.82, 2.24) is 0 Å². The zero-order valence-electron chi connectivity index (χ0n) is 16.7. The van der Waals surface area contributed by atoms with Crippen LogP contribution in [0.1, 0.15) is 28.5 Å². The van der Waals surface area contributed by atoms with Crippen LogP contribution in [0.15, 0.2) is 70.9 Å². The van der Waals surface area contributed by atoms with Gasteiger partial charge in [0.15, 0.2) is 0 Å². The lowest BCUT2D eigenvalue weighted by atomic mass is 9.98. The number of ketones is 1. The number of non-ortho nitro benzene ring substituents is 1. The van der Waals surface area contributed by atoms with Crippen molar-refractivity contribution in [2.24, 2.45) is 0 Å². The summed E-state index contributed by atoms with van der Waals surface area (Å²) in [6.45, 7) is 3.68. The number of aryl methyl sites for hydroxylation is 2. The Morgan fingerprint density at radius 1 is 1.10 bits per heavy atom. The lowest BCUT2D eigenvalue weighted by molar-refractivity contribution is -0.384. The molecular weight excluding hydrogens is 400 g/mol. The Morgan fingerprint density at radius 2 is 1.87 bits per heavy atom. The number of anilines is 1. The van der Waals surface area contributed by atoms with Crippen molar-refractivity contribution in [3.05, 3.63) is 99.0 Å². The first-order valence-electron chi connectivity index (χ1n) is 9.46. The van der Waals surface area contributed by atoms with Crippen molar-refractivity contribution in [2.75, 3.05) is 4.90 Å². The number of carbonyl (C=O) groups is 2. The van der Waals surface area contributed by atoms with Crippen LogP contribution >= 0.6 is 0 Å². The maximum atomic E-state index is 13.1. The molecule has 2 heterocycles. The Morgan fingerprint density at radius 3 is 2.55 bits per heavy atom. The second kappa shape index (κ2) is 7.56. The van der Waals surface area contributed by atoms with Crippen molar-refractivity contribution in [3.8, 4) is 0 Å². The summed E-state index contributed by atoms with van der Waals surface area (Å²) >= 11 is 0. The van der Waals surface area contributed by atoms with Crippen LogP contribution in [0, 0.1) is 24.0 Å². The standard InChI is InChI=1S/C23H18N2O6/c1-13-8-9-14(2)17(11-13)24-20(18-7-4-10-31-18)19(22(27)23(24)28)21(26)15-5-3-6-16(12-15)25(29)30/h3-12,20,26H,1-2H3/b21-19-. The molecule has 0 spiro atoms. The number of hydrogen-bond acceptors (Lipinski definition) is 6. The molecule has 3 aromatic rings. The van der Waals surface area contributed by atoms with Gasteiger partial charge in [-0.15, -0.1) is 0 Å². The quantitative estimate of drug-likeness (QED) is 0.220. The van der Waals surface area contributed by atoms with Crippen LogP contribution in [0.4, 0.5) is 11.4 Å². The molecule has 1 saturated heterocycles. The third-order valence-corrected chi connectivity index (χ3v) is 5.21. The summed E-state index contributed by atoms with van der Waals surface area (Å²) < 4.78 is 5.51. The first-order valence-corrected chi connectivity index (χ1v) is 9.46. The van der Waals surface area contributed by atoms with E-state index >= 15 is 0 Å². The highest BCUT2D eigenvalue weighted by molar-refractivity contribution is 6.51. The predicted octanol–water partition coefficient (Wildman–Crippen LogP) is 4.43. The minimum atomic E-state index is -1.02. The van der Waals surface area contributed by atoms with Gasteiger partial charge in [-0.25, -0.2) is 0 Å². The van der Waals surface area contributed by atoms with E-state index in [1.807, 2.05) is 26.0 Å². The second-order valence-electron chi connectivity index (χ2n) is 7.28. The molecule has 1 amide bonds. The van der Waals surface area contributed by atoms with Crippen LogP contribution in [-0.2, 0) is 9.59 Å². The van der Waals surface area contributed by atoms with Gasteiger partial charge in [-0.05, 0) is 43.2 Å². The first-order chi connectivity index (χ1) is 14.8. The smallest absolute Gasteiger partial charge is 0.300 e. The van der Waals surface area contributed by atoms with Gasteiger partial charge in [-0.2, -0.15) is 0 Å². The number of aliphatic hydroxyl groups excluding tert-OH is 1. The summed E-state index contributed by atoms with van der Waals surface area (Å²) in [7, 11) is 0. The number of amides is 1. The highest BCUT2D eigenvalue weighted by Gasteiger charge is 2.48. The molecule has 0 radical (unpaired) electrons. The van der Waals surface area contributed by atoms with Crippen LogP contribution in [0.2, 0.25) is 0 Å². The highest BCUT2D eigenvalue weighted by Crippen LogP contribution is 2.43. The average Bonchev–Trinajstić information content (AvgIpc) is 3.37. The summed E-state index contributed by atoms with van der Waals surface area (Å²) in [6.07, 6.45) is 1.41. The van der Waals surface area contributed by atoms with E-state index in [0.29, 0.717) is 5.69 Å². The molecule has 1 aliphatic heterocycles. The monoisotopic (exact) mass is 418 g/mol. The normalized spacial score (nSPS) is 17.9. The SMILES string of the molecule is Cc1ccc(C)c(N2C(=O)C(=O)/C(=C(\O)c3cccc([N+](=O)[O-])c3)C2c2ccco2)c1. The number of nitrogens with zero attached hydrogens (tertiary/aromatic N) is 2. The Bertz CT molecular complexity index is 1240. The third-order valence-electron chi connectivity index (χ3n) is 5.21. The topological polar surface area (TPSA) is 114 Å². The molecule has 156 valence electrons. The average molecular weight is 418 g/mol. The Hall–Kier alpha value is -4.20. The molecule has 31 heavy (non-hydrogen) atoms. The molecule has 1 N–H and O–H groups in total. The Balaban J connectivity index is 1.95. The largest absolute Gasteiger partial charge is 0.507 e. The second-order valence-corrected chi connectivity index (χ2v) is 7.28. The fourth-order valence-electron chi connectivity index (χ4n) is 3.70. The lowest BCUT2D eigenvalue weighted by Crippen LogP contribution is -2.30. The van der Waals surface area contributed by atoms with E-state index in [-0.39, 0.29) is 22.6 Å². The third kappa shape index (κ3) is 3.38. The molecule has 8 heteroatoms. The van der Waals surface area contributed by atoms with Crippen molar-refractivity contribution >= 4 is 28.8 Å². The summed E-state index contributed by atoms with van der Waals surface area (Å²) in [5, 5.41) is 22.1. The molecule has 8 nitrogen and oxygen atoms in total. The number of nitro groups is 1. The van der Waals surface area contributed by atoms with Crippen molar-refractivity contribution < 1.29 is 24.0 Å². The number of nitro benzene ring substituents is 1. The van der Waals surface area contributed by atoms with Gasteiger partial charge in [-0.1, -0.05) is 24.3 Å². The molecule has 1 unspecified atom stereocenters.